The number of benzene rings is 1. The van der Waals surface area contributed by atoms with Gasteiger partial charge in [-0.3, -0.25) is 0 Å². The smallest absolute Gasteiger partial charge is 0.0543 e. The molecule has 1 aromatic carbocycles. The molecular formula is C16H20N2. The summed E-state index contributed by atoms with van der Waals surface area (Å²) >= 11 is 0. The minimum Gasteiger partial charge on any atom is -0.305 e. The van der Waals surface area contributed by atoms with Crippen LogP contribution in [0.4, 0.5) is 0 Å². The van der Waals surface area contributed by atoms with E-state index in [4.69, 9.17) is 0 Å². The van der Waals surface area contributed by atoms with E-state index in [0.717, 1.165) is 5.56 Å². The van der Waals surface area contributed by atoms with Crippen molar-refractivity contribution in [3.05, 3.63) is 59.7 Å². The maximum atomic E-state index is 4.32. The molecule has 1 aliphatic rings. The molecule has 1 aliphatic carbocycles. The normalized spacial score (nSPS) is 15.7. The number of hydrogen-bond donors (Lipinski definition) is 1. The molecule has 94 valence electrons. The second-order valence-corrected chi connectivity index (χ2v) is 5.54. The minimum atomic E-state index is -0.00138. The predicted molar refractivity (Wildman–Crippen MR) is 77.9 cm³/mol. The van der Waals surface area contributed by atoms with E-state index in [0.29, 0.717) is 5.92 Å². The van der Waals surface area contributed by atoms with Crippen LogP contribution in [0.3, 0.4) is 0 Å². The third kappa shape index (κ3) is 3.33. The predicted octanol–water partition coefficient (Wildman–Crippen LogP) is 3.62. The van der Waals surface area contributed by atoms with Crippen molar-refractivity contribution in [2.24, 2.45) is 5.10 Å². The average Bonchev–Trinajstić information content (AvgIpc) is 2.81. The van der Waals surface area contributed by atoms with Gasteiger partial charge in [-0.15, -0.1) is 0 Å². The van der Waals surface area contributed by atoms with Gasteiger partial charge in [-0.2, -0.15) is 5.10 Å². The van der Waals surface area contributed by atoms with E-state index in [1.807, 2.05) is 12.3 Å². The van der Waals surface area contributed by atoms with Crippen molar-refractivity contribution in [2.75, 3.05) is 0 Å². The van der Waals surface area contributed by atoms with Gasteiger partial charge in [0.25, 0.3) is 0 Å². The first-order chi connectivity index (χ1) is 8.56. The number of hydrazone groups is 1. The Morgan fingerprint density at radius 1 is 1.11 bits per heavy atom. The summed E-state index contributed by atoms with van der Waals surface area (Å²) in [5, 5.41) is 4.32. The molecule has 0 radical (unpaired) electrons. The van der Waals surface area contributed by atoms with Gasteiger partial charge in [0.05, 0.1) is 6.21 Å². The summed E-state index contributed by atoms with van der Waals surface area (Å²) in [5.41, 5.74) is 5.58. The van der Waals surface area contributed by atoms with Gasteiger partial charge in [0.15, 0.2) is 0 Å². The van der Waals surface area contributed by atoms with E-state index in [2.05, 4.69) is 73.8 Å². The van der Waals surface area contributed by atoms with Crippen LogP contribution < -0.4 is 5.43 Å². The van der Waals surface area contributed by atoms with E-state index in [1.165, 1.54) is 5.56 Å². The molecule has 0 atom stereocenters. The standard InChI is InChI=1S/C16H20N2/c1-16(2,3)18-17-12-14-10-6-7-11-15(14)13-8-4-5-9-13/h4-13,18H,1-3H3. The number of rotatable bonds is 3. The van der Waals surface area contributed by atoms with Crippen molar-refractivity contribution >= 4 is 6.21 Å². The van der Waals surface area contributed by atoms with Crippen molar-refractivity contribution in [1.29, 1.82) is 0 Å². The minimum absolute atomic E-state index is 0.00138. The van der Waals surface area contributed by atoms with E-state index in [9.17, 15) is 0 Å². The number of nitrogens with one attached hydrogen (secondary N) is 1. The largest absolute Gasteiger partial charge is 0.305 e. The van der Waals surface area contributed by atoms with Crippen molar-refractivity contribution < 1.29 is 0 Å². The quantitative estimate of drug-likeness (QED) is 0.633. The molecule has 0 bridgehead atoms. The van der Waals surface area contributed by atoms with Gasteiger partial charge in [0.2, 0.25) is 0 Å². The molecule has 1 aromatic rings. The van der Waals surface area contributed by atoms with Gasteiger partial charge in [-0.05, 0) is 31.9 Å². The number of allylic oxidation sites excluding steroid dienone is 4. The Balaban J connectivity index is 2.18. The highest BCUT2D eigenvalue weighted by Crippen LogP contribution is 2.25. The molecule has 18 heavy (non-hydrogen) atoms. The van der Waals surface area contributed by atoms with Gasteiger partial charge in [0.1, 0.15) is 0 Å². The highest BCUT2D eigenvalue weighted by atomic mass is 15.3. The molecule has 0 fully saturated rings. The van der Waals surface area contributed by atoms with Crippen LogP contribution in [0.2, 0.25) is 0 Å². The molecule has 0 saturated carbocycles. The van der Waals surface area contributed by atoms with Crippen LogP contribution in [0, 0.1) is 0 Å². The van der Waals surface area contributed by atoms with Crippen LogP contribution in [-0.2, 0) is 0 Å². The fourth-order valence-corrected chi connectivity index (χ4v) is 1.87. The first kappa shape index (κ1) is 12.6. The Morgan fingerprint density at radius 2 is 1.78 bits per heavy atom. The van der Waals surface area contributed by atoms with Crippen molar-refractivity contribution in [1.82, 2.24) is 5.43 Å². The maximum absolute atomic E-state index is 4.32. The Bertz CT molecular complexity index is 478. The van der Waals surface area contributed by atoms with Crippen LogP contribution in [0.5, 0.6) is 0 Å². The lowest BCUT2D eigenvalue weighted by Crippen LogP contribution is -2.31. The maximum Gasteiger partial charge on any atom is 0.0543 e. The molecule has 0 saturated heterocycles. The van der Waals surface area contributed by atoms with Crippen molar-refractivity contribution in [2.45, 2.75) is 32.2 Å². The van der Waals surface area contributed by atoms with Crippen LogP contribution in [0.25, 0.3) is 0 Å². The highest BCUT2D eigenvalue weighted by molar-refractivity contribution is 5.82. The Hall–Kier alpha value is -1.83. The molecule has 2 rings (SSSR count). The van der Waals surface area contributed by atoms with Crippen molar-refractivity contribution in [3.63, 3.8) is 0 Å². The fourth-order valence-electron chi connectivity index (χ4n) is 1.87. The Morgan fingerprint density at radius 3 is 2.44 bits per heavy atom. The molecule has 1 N–H and O–H groups in total. The monoisotopic (exact) mass is 240 g/mol. The molecule has 0 aliphatic heterocycles. The summed E-state index contributed by atoms with van der Waals surface area (Å²) in [6, 6.07) is 8.38. The fraction of sp³-hybridized carbons (Fsp3) is 0.312. The summed E-state index contributed by atoms with van der Waals surface area (Å²) < 4.78 is 0. The van der Waals surface area contributed by atoms with E-state index in [1.54, 1.807) is 0 Å². The van der Waals surface area contributed by atoms with E-state index in [-0.39, 0.29) is 5.54 Å². The van der Waals surface area contributed by atoms with E-state index < -0.39 is 0 Å². The van der Waals surface area contributed by atoms with Gasteiger partial charge in [0, 0.05) is 11.5 Å². The van der Waals surface area contributed by atoms with Crippen LogP contribution in [0.1, 0.15) is 37.8 Å². The average molecular weight is 240 g/mol. The van der Waals surface area contributed by atoms with E-state index >= 15 is 0 Å². The summed E-state index contributed by atoms with van der Waals surface area (Å²) in [7, 11) is 0. The zero-order valence-corrected chi connectivity index (χ0v) is 11.2. The summed E-state index contributed by atoms with van der Waals surface area (Å²) in [4.78, 5) is 0. The summed E-state index contributed by atoms with van der Waals surface area (Å²) in [5.74, 6) is 0.377. The number of hydrogen-bond acceptors (Lipinski definition) is 2. The molecule has 2 nitrogen and oxygen atoms in total. The van der Waals surface area contributed by atoms with Crippen LogP contribution in [0.15, 0.2) is 53.7 Å². The zero-order valence-electron chi connectivity index (χ0n) is 11.2. The van der Waals surface area contributed by atoms with Gasteiger partial charge < -0.3 is 5.43 Å². The Kier molecular flexibility index (Phi) is 3.66. The van der Waals surface area contributed by atoms with Gasteiger partial charge in [-0.1, -0.05) is 48.6 Å². The molecule has 0 spiro atoms. The van der Waals surface area contributed by atoms with Crippen molar-refractivity contribution in [3.8, 4) is 0 Å². The number of nitrogens with zero attached hydrogens (tertiary/aromatic N) is 1. The molecule has 0 heterocycles. The molecule has 2 heteroatoms. The van der Waals surface area contributed by atoms with Gasteiger partial charge >= 0.3 is 0 Å². The second-order valence-electron chi connectivity index (χ2n) is 5.54. The van der Waals surface area contributed by atoms with Crippen LogP contribution in [-0.4, -0.2) is 11.8 Å². The van der Waals surface area contributed by atoms with Gasteiger partial charge in [-0.25, -0.2) is 0 Å². The van der Waals surface area contributed by atoms with Crippen LogP contribution >= 0.6 is 0 Å². The zero-order chi connectivity index (χ0) is 13.0. The molecule has 0 amide bonds. The first-order valence-electron chi connectivity index (χ1n) is 6.30. The lowest BCUT2D eigenvalue weighted by atomic mass is 9.96. The lowest BCUT2D eigenvalue weighted by Gasteiger charge is -2.17. The Labute approximate surface area is 109 Å². The lowest BCUT2D eigenvalue weighted by molar-refractivity contribution is 0.442. The summed E-state index contributed by atoms with van der Waals surface area (Å²) in [6.45, 7) is 6.29. The topological polar surface area (TPSA) is 24.4 Å². The third-order valence-corrected chi connectivity index (χ3v) is 2.71. The SMILES string of the molecule is CC(C)(C)NN=Cc1ccccc1C1C=CC=C1. The molecule has 0 unspecified atom stereocenters. The molecular weight excluding hydrogens is 220 g/mol. The molecule has 0 aromatic heterocycles. The highest BCUT2D eigenvalue weighted by Gasteiger charge is 2.10. The third-order valence-electron chi connectivity index (χ3n) is 2.71. The summed E-state index contributed by atoms with van der Waals surface area (Å²) in [6.07, 6.45) is 10.5. The first-order valence-corrected chi connectivity index (χ1v) is 6.30. The second kappa shape index (κ2) is 5.21.